The number of aryl methyl sites for hydroxylation is 1. The fourth-order valence-electron chi connectivity index (χ4n) is 1.88. The molecular formula is C15H13NaO3. The molecule has 0 saturated heterocycles. The zero-order valence-corrected chi connectivity index (χ0v) is 13.0. The minimum Gasteiger partial charge on any atom is -0.546 e. The van der Waals surface area contributed by atoms with E-state index < -0.39 is 11.6 Å². The standard InChI is InChI=1S/C15H14O3.Na/c1-11-7-9-13(10-8-11)15(18,14(16)17)12-5-3-2-4-6-12;/h2-10,18H,1H3,(H,16,17);/q;+1/p-1. The second-order valence-corrected chi connectivity index (χ2v) is 4.23. The molecule has 92 valence electrons. The number of hydrogen-bond acceptors (Lipinski definition) is 3. The van der Waals surface area contributed by atoms with Gasteiger partial charge in [-0.05, 0) is 18.1 Å². The number of aliphatic hydroxyl groups is 1. The van der Waals surface area contributed by atoms with Crippen LogP contribution in [0.15, 0.2) is 54.6 Å². The zero-order valence-electron chi connectivity index (χ0n) is 11.0. The third-order valence-corrected chi connectivity index (χ3v) is 2.96. The molecule has 1 N–H and O–H groups in total. The molecule has 2 rings (SSSR count). The van der Waals surface area contributed by atoms with Crippen LogP contribution in [0.1, 0.15) is 16.7 Å². The van der Waals surface area contributed by atoms with Gasteiger partial charge in [-0.2, -0.15) is 0 Å². The molecule has 2 aromatic carbocycles. The molecule has 0 aliphatic carbocycles. The summed E-state index contributed by atoms with van der Waals surface area (Å²) in [5, 5.41) is 21.8. The maximum absolute atomic E-state index is 11.3. The van der Waals surface area contributed by atoms with Gasteiger partial charge in [-0.15, -0.1) is 0 Å². The monoisotopic (exact) mass is 264 g/mol. The van der Waals surface area contributed by atoms with Crippen LogP contribution in [0, 0.1) is 6.92 Å². The summed E-state index contributed by atoms with van der Waals surface area (Å²) in [6.07, 6.45) is 0. The van der Waals surface area contributed by atoms with Crippen molar-refractivity contribution in [1.29, 1.82) is 0 Å². The average Bonchev–Trinajstić information content (AvgIpc) is 2.39. The van der Waals surface area contributed by atoms with E-state index in [1.54, 1.807) is 54.6 Å². The number of hydrogen-bond donors (Lipinski definition) is 1. The fraction of sp³-hybridized carbons (Fsp3) is 0.133. The Hall–Kier alpha value is -1.13. The summed E-state index contributed by atoms with van der Waals surface area (Å²) in [5.74, 6) is -1.53. The largest absolute Gasteiger partial charge is 1.00 e. The van der Waals surface area contributed by atoms with Crippen LogP contribution in [0.5, 0.6) is 0 Å². The van der Waals surface area contributed by atoms with Crippen LogP contribution in [-0.4, -0.2) is 11.1 Å². The molecule has 4 heteroatoms. The quantitative estimate of drug-likeness (QED) is 0.651. The van der Waals surface area contributed by atoms with Gasteiger partial charge < -0.3 is 15.0 Å². The minimum absolute atomic E-state index is 0. The van der Waals surface area contributed by atoms with Crippen molar-refractivity contribution in [2.75, 3.05) is 0 Å². The number of carbonyl (C=O) groups excluding carboxylic acids is 1. The smallest absolute Gasteiger partial charge is 0.546 e. The Morgan fingerprint density at radius 3 is 1.95 bits per heavy atom. The Kier molecular flexibility index (Phi) is 5.32. The number of carboxylic acid groups (broad SMARTS) is 1. The zero-order chi connectivity index (χ0) is 13.2. The number of rotatable bonds is 3. The van der Waals surface area contributed by atoms with Crippen LogP contribution in [0.25, 0.3) is 0 Å². The molecule has 2 aromatic rings. The Labute approximate surface area is 134 Å². The predicted molar refractivity (Wildman–Crippen MR) is 65.6 cm³/mol. The van der Waals surface area contributed by atoms with Crippen molar-refractivity contribution < 1.29 is 44.6 Å². The summed E-state index contributed by atoms with van der Waals surface area (Å²) in [5.41, 5.74) is -0.546. The fourth-order valence-corrected chi connectivity index (χ4v) is 1.88. The Balaban J connectivity index is 0.00000180. The number of aliphatic carboxylic acids is 1. The van der Waals surface area contributed by atoms with Gasteiger partial charge in [0.2, 0.25) is 0 Å². The molecule has 19 heavy (non-hydrogen) atoms. The van der Waals surface area contributed by atoms with Crippen molar-refractivity contribution in [2.45, 2.75) is 12.5 Å². The second kappa shape index (κ2) is 6.35. The molecule has 0 aliphatic heterocycles. The van der Waals surface area contributed by atoms with Crippen LogP contribution >= 0.6 is 0 Å². The molecule has 0 heterocycles. The molecule has 0 fully saturated rings. The Morgan fingerprint density at radius 1 is 1.00 bits per heavy atom. The normalized spacial score (nSPS) is 13.2. The van der Waals surface area contributed by atoms with Gasteiger partial charge in [-0.3, -0.25) is 0 Å². The van der Waals surface area contributed by atoms with E-state index in [9.17, 15) is 15.0 Å². The first-order valence-electron chi connectivity index (χ1n) is 5.61. The van der Waals surface area contributed by atoms with Crippen LogP contribution in [-0.2, 0) is 10.4 Å². The summed E-state index contributed by atoms with van der Waals surface area (Å²) in [7, 11) is 0. The molecular weight excluding hydrogens is 251 g/mol. The topological polar surface area (TPSA) is 60.4 Å². The summed E-state index contributed by atoms with van der Waals surface area (Å²) >= 11 is 0. The van der Waals surface area contributed by atoms with Crippen LogP contribution in [0.2, 0.25) is 0 Å². The predicted octanol–water partition coefficient (Wildman–Crippen LogP) is -2.02. The molecule has 0 aliphatic rings. The van der Waals surface area contributed by atoms with Gasteiger partial charge in [0.15, 0.2) is 5.60 Å². The second-order valence-electron chi connectivity index (χ2n) is 4.23. The van der Waals surface area contributed by atoms with E-state index in [4.69, 9.17) is 0 Å². The molecule has 0 saturated carbocycles. The first-order valence-corrected chi connectivity index (χ1v) is 5.61. The van der Waals surface area contributed by atoms with Gasteiger partial charge in [-0.25, -0.2) is 0 Å². The van der Waals surface area contributed by atoms with Crippen molar-refractivity contribution in [3.05, 3.63) is 71.3 Å². The van der Waals surface area contributed by atoms with Gasteiger partial charge in [0.05, 0.1) is 5.97 Å². The summed E-state index contributed by atoms with van der Waals surface area (Å²) in [6.45, 7) is 1.89. The Bertz CT molecular complexity index is 551. The molecule has 1 unspecified atom stereocenters. The molecule has 0 amide bonds. The Morgan fingerprint density at radius 2 is 1.47 bits per heavy atom. The van der Waals surface area contributed by atoms with Crippen LogP contribution in [0.4, 0.5) is 0 Å². The van der Waals surface area contributed by atoms with E-state index in [0.717, 1.165) is 5.56 Å². The van der Waals surface area contributed by atoms with E-state index >= 15 is 0 Å². The average molecular weight is 264 g/mol. The van der Waals surface area contributed by atoms with Crippen LogP contribution in [0.3, 0.4) is 0 Å². The van der Waals surface area contributed by atoms with Gasteiger partial charge >= 0.3 is 29.6 Å². The van der Waals surface area contributed by atoms with Gasteiger partial charge in [0, 0.05) is 0 Å². The number of carboxylic acids is 1. The number of carbonyl (C=O) groups is 1. The van der Waals surface area contributed by atoms with Gasteiger partial charge in [0.1, 0.15) is 0 Å². The third-order valence-electron chi connectivity index (χ3n) is 2.96. The number of benzene rings is 2. The van der Waals surface area contributed by atoms with Crippen molar-refractivity contribution in [2.24, 2.45) is 0 Å². The first-order chi connectivity index (χ1) is 8.55. The SMILES string of the molecule is Cc1ccc(C(O)(C(=O)[O-])c2ccccc2)cc1.[Na+]. The van der Waals surface area contributed by atoms with E-state index in [1.165, 1.54) is 0 Å². The summed E-state index contributed by atoms with van der Waals surface area (Å²) in [6, 6.07) is 14.9. The van der Waals surface area contributed by atoms with E-state index in [0.29, 0.717) is 5.56 Å². The molecule has 0 bridgehead atoms. The maximum Gasteiger partial charge on any atom is 1.00 e. The molecule has 3 nitrogen and oxygen atoms in total. The van der Waals surface area contributed by atoms with Crippen molar-refractivity contribution in [3.63, 3.8) is 0 Å². The summed E-state index contributed by atoms with van der Waals surface area (Å²) in [4.78, 5) is 11.3. The van der Waals surface area contributed by atoms with E-state index in [-0.39, 0.29) is 35.1 Å². The molecule has 0 radical (unpaired) electrons. The molecule has 1 atom stereocenters. The molecule has 0 aromatic heterocycles. The van der Waals surface area contributed by atoms with Crippen molar-refractivity contribution in [3.8, 4) is 0 Å². The van der Waals surface area contributed by atoms with E-state index in [1.807, 2.05) is 6.92 Å². The van der Waals surface area contributed by atoms with Crippen LogP contribution < -0.4 is 34.7 Å². The van der Waals surface area contributed by atoms with Crippen molar-refractivity contribution >= 4 is 5.97 Å². The van der Waals surface area contributed by atoms with E-state index in [2.05, 4.69) is 0 Å². The molecule has 0 spiro atoms. The maximum atomic E-state index is 11.3. The third kappa shape index (κ3) is 3.07. The first kappa shape index (κ1) is 15.9. The summed E-state index contributed by atoms with van der Waals surface area (Å²) < 4.78 is 0. The van der Waals surface area contributed by atoms with Gasteiger partial charge in [0.25, 0.3) is 0 Å². The van der Waals surface area contributed by atoms with Crippen molar-refractivity contribution in [1.82, 2.24) is 0 Å². The van der Waals surface area contributed by atoms with Gasteiger partial charge in [-0.1, -0.05) is 60.2 Å². The minimum atomic E-state index is -2.12.